The second-order valence-electron chi connectivity index (χ2n) is 6.03. The van der Waals surface area contributed by atoms with Crippen molar-refractivity contribution in [3.05, 3.63) is 53.3 Å². The van der Waals surface area contributed by atoms with Crippen molar-refractivity contribution in [2.24, 2.45) is 0 Å². The lowest BCUT2D eigenvalue weighted by Crippen LogP contribution is -2.31. The number of hydrogen-bond acceptors (Lipinski definition) is 3. The SMILES string of the molecule is CCc1cccc(CC)c1Nc1cncc(C(=O)NC(C)CC)c1. The number of aromatic nitrogens is 1. The Balaban J connectivity index is 2.26. The summed E-state index contributed by atoms with van der Waals surface area (Å²) in [5, 5.41) is 6.44. The number of nitrogens with one attached hydrogen (secondary N) is 2. The fourth-order valence-corrected chi connectivity index (χ4v) is 2.59. The van der Waals surface area contributed by atoms with Crippen LogP contribution in [0.5, 0.6) is 0 Å². The molecule has 0 aliphatic carbocycles. The van der Waals surface area contributed by atoms with Crippen LogP contribution in [-0.4, -0.2) is 16.9 Å². The van der Waals surface area contributed by atoms with E-state index < -0.39 is 0 Å². The van der Waals surface area contributed by atoms with Gasteiger partial charge in [0.05, 0.1) is 17.4 Å². The van der Waals surface area contributed by atoms with E-state index in [1.54, 1.807) is 12.4 Å². The fraction of sp³-hybridized carbons (Fsp3) is 0.400. The van der Waals surface area contributed by atoms with Crippen LogP contribution >= 0.6 is 0 Å². The van der Waals surface area contributed by atoms with Crippen LogP contribution < -0.4 is 10.6 Å². The summed E-state index contributed by atoms with van der Waals surface area (Å²) >= 11 is 0. The maximum atomic E-state index is 12.3. The number of anilines is 2. The molecule has 0 radical (unpaired) electrons. The van der Waals surface area contributed by atoms with Crippen molar-refractivity contribution < 1.29 is 4.79 Å². The van der Waals surface area contributed by atoms with E-state index in [0.29, 0.717) is 5.56 Å². The molecule has 4 nitrogen and oxygen atoms in total. The van der Waals surface area contributed by atoms with Crippen LogP contribution in [0.15, 0.2) is 36.7 Å². The van der Waals surface area contributed by atoms with Gasteiger partial charge in [-0.1, -0.05) is 39.0 Å². The Morgan fingerprint density at radius 3 is 2.38 bits per heavy atom. The molecule has 0 saturated heterocycles. The van der Waals surface area contributed by atoms with Crippen LogP contribution in [0.25, 0.3) is 0 Å². The summed E-state index contributed by atoms with van der Waals surface area (Å²) in [4.78, 5) is 16.5. The summed E-state index contributed by atoms with van der Waals surface area (Å²) in [6, 6.07) is 8.37. The topological polar surface area (TPSA) is 54.0 Å². The molecular formula is C20H27N3O. The number of para-hydroxylation sites is 1. The molecule has 128 valence electrons. The predicted octanol–water partition coefficient (Wildman–Crippen LogP) is 4.48. The standard InChI is InChI=1S/C20H27N3O/c1-5-14(4)22-20(24)17-11-18(13-21-12-17)23-19-15(6-2)9-8-10-16(19)7-3/h8-14,23H,5-7H2,1-4H3,(H,22,24). The van der Waals surface area contributed by atoms with Crippen LogP contribution in [0, 0.1) is 0 Å². The number of pyridine rings is 1. The first-order valence-corrected chi connectivity index (χ1v) is 8.72. The predicted molar refractivity (Wildman–Crippen MR) is 99.9 cm³/mol. The molecule has 0 aliphatic rings. The summed E-state index contributed by atoms with van der Waals surface area (Å²) in [6.07, 6.45) is 6.18. The zero-order valence-corrected chi connectivity index (χ0v) is 15.0. The monoisotopic (exact) mass is 325 g/mol. The summed E-state index contributed by atoms with van der Waals surface area (Å²) in [5.74, 6) is -0.0833. The second-order valence-corrected chi connectivity index (χ2v) is 6.03. The average molecular weight is 325 g/mol. The zero-order valence-electron chi connectivity index (χ0n) is 15.0. The van der Waals surface area contributed by atoms with Crippen molar-refractivity contribution in [3.8, 4) is 0 Å². The van der Waals surface area contributed by atoms with Gasteiger partial charge in [0.25, 0.3) is 5.91 Å². The van der Waals surface area contributed by atoms with Gasteiger partial charge in [-0.25, -0.2) is 0 Å². The Morgan fingerprint density at radius 1 is 1.12 bits per heavy atom. The molecule has 1 amide bonds. The van der Waals surface area contributed by atoms with Gasteiger partial charge >= 0.3 is 0 Å². The number of hydrogen-bond donors (Lipinski definition) is 2. The maximum Gasteiger partial charge on any atom is 0.253 e. The summed E-state index contributed by atoms with van der Waals surface area (Å²) in [7, 11) is 0. The van der Waals surface area contributed by atoms with Crippen molar-refractivity contribution in [1.82, 2.24) is 10.3 Å². The molecular weight excluding hydrogens is 298 g/mol. The highest BCUT2D eigenvalue weighted by Crippen LogP contribution is 2.26. The molecule has 4 heteroatoms. The lowest BCUT2D eigenvalue weighted by Gasteiger charge is -2.16. The summed E-state index contributed by atoms with van der Waals surface area (Å²) in [6.45, 7) is 8.34. The second kappa shape index (κ2) is 8.48. The molecule has 2 rings (SSSR count). The minimum absolute atomic E-state index is 0.0833. The minimum Gasteiger partial charge on any atom is -0.354 e. The first-order valence-electron chi connectivity index (χ1n) is 8.72. The molecule has 2 aromatic rings. The normalized spacial score (nSPS) is 11.8. The summed E-state index contributed by atoms with van der Waals surface area (Å²) in [5.41, 5.74) is 5.08. The molecule has 1 aromatic carbocycles. The van der Waals surface area contributed by atoms with Gasteiger partial charge in [0, 0.05) is 17.9 Å². The van der Waals surface area contributed by atoms with Crippen molar-refractivity contribution in [3.63, 3.8) is 0 Å². The Kier molecular flexibility index (Phi) is 6.36. The first-order chi connectivity index (χ1) is 11.6. The lowest BCUT2D eigenvalue weighted by molar-refractivity contribution is 0.0939. The molecule has 1 atom stereocenters. The van der Waals surface area contributed by atoms with E-state index >= 15 is 0 Å². The molecule has 1 heterocycles. The number of aryl methyl sites for hydroxylation is 2. The van der Waals surface area contributed by atoms with Gasteiger partial charge in [0.2, 0.25) is 0 Å². The van der Waals surface area contributed by atoms with Gasteiger partial charge in [0.1, 0.15) is 0 Å². The molecule has 0 fully saturated rings. The third kappa shape index (κ3) is 4.34. The number of nitrogens with zero attached hydrogens (tertiary/aromatic N) is 1. The van der Waals surface area contributed by atoms with E-state index in [4.69, 9.17) is 0 Å². The third-order valence-corrected chi connectivity index (χ3v) is 4.26. The molecule has 24 heavy (non-hydrogen) atoms. The average Bonchev–Trinajstić information content (AvgIpc) is 2.61. The van der Waals surface area contributed by atoms with Crippen molar-refractivity contribution in [2.45, 2.75) is 53.0 Å². The third-order valence-electron chi connectivity index (χ3n) is 4.26. The molecule has 0 spiro atoms. The highest BCUT2D eigenvalue weighted by molar-refractivity contribution is 5.95. The van der Waals surface area contributed by atoms with Crippen LogP contribution in [0.1, 0.15) is 55.6 Å². The molecule has 2 N–H and O–H groups in total. The highest BCUT2D eigenvalue weighted by Gasteiger charge is 2.11. The van der Waals surface area contributed by atoms with Gasteiger partial charge in [0.15, 0.2) is 0 Å². The maximum absolute atomic E-state index is 12.3. The number of amides is 1. The highest BCUT2D eigenvalue weighted by atomic mass is 16.1. The zero-order chi connectivity index (χ0) is 17.5. The Morgan fingerprint density at radius 2 is 1.79 bits per heavy atom. The van der Waals surface area contributed by atoms with Crippen molar-refractivity contribution in [1.29, 1.82) is 0 Å². The quantitative estimate of drug-likeness (QED) is 0.789. The minimum atomic E-state index is -0.0833. The van der Waals surface area contributed by atoms with E-state index in [1.807, 2.05) is 13.0 Å². The Bertz CT molecular complexity index is 675. The fourth-order valence-electron chi connectivity index (χ4n) is 2.59. The number of benzene rings is 1. The number of carbonyl (C=O) groups is 1. The lowest BCUT2D eigenvalue weighted by atomic mass is 10.0. The summed E-state index contributed by atoms with van der Waals surface area (Å²) < 4.78 is 0. The van der Waals surface area contributed by atoms with E-state index in [2.05, 4.69) is 54.6 Å². The van der Waals surface area contributed by atoms with Gasteiger partial charge < -0.3 is 10.6 Å². The van der Waals surface area contributed by atoms with Crippen molar-refractivity contribution in [2.75, 3.05) is 5.32 Å². The first kappa shape index (κ1) is 18.0. The van der Waals surface area contributed by atoms with E-state index in [0.717, 1.165) is 30.6 Å². The Labute approximate surface area is 144 Å². The Hall–Kier alpha value is -2.36. The molecule has 0 saturated carbocycles. The molecule has 0 bridgehead atoms. The largest absolute Gasteiger partial charge is 0.354 e. The van der Waals surface area contributed by atoms with E-state index in [1.165, 1.54) is 11.1 Å². The van der Waals surface area contributed by atoms with Crippen LogP contribution in [-0.2, 0) is 12.8 Å². The van der Waals surface area contributed by atoms with E-state index in [9.17, 15) is 4.79 Å². The smallest absolute Gasteiger partial charge is 0.253 e. The molecule has 1 aromatic heterocycles. The van der Waals surface area contributed by atoms with Gasteiger partial charge in [-0.2, -0.15) is 0 Å². The van der Waals surface area contributed by atoms with Gasteiger partial charge in [-0.3, -0.25) is 9.78 Å². The van der Waals surface area contributed by atoms with E-state index in [-0.39, 0.29) is 11.9 Å². The van der Waals surface area contributed by atoms with Crippen LogP contribution in [0.3, 0.4) is 0 Å². The number of rotatable bonds is 7. The van der Waals surface area contributed by atoms with Crippen molar-refractivity contribution >= 4 is 17.3 Å². The van der Waals surface area contributed by atoms with Gasteiger partial charge in [-0.15, -0.1) is 0 Å². The molecule has 1 unspecified atom stereocenters. The van der Waals surface area contributed by atoms with Crippen LogP contribution in [0.2, 0.25) is 0 Å². The van der Waals surface area contributed by atoms with Gasteiger partial charge in [-0.05, 0) is 43.4 Å². The molecule has 0 aliphatic heterocycles. The van der Waals surface area contributed by atoms with Crippen LogP contribution in [0.4, 0.5) is 11.4 Å². The number of carbonyl (C=O) groups excluding carboxylic acids is 1.